The quantitative estimate of drug-likeness (QED) is 0.481. The van der Waals surface area contributed by atoms with Crippen LogP contribution in [0.1, 0.15) is 6.42 Å². The van der Waals surface area contributed by atoms with Crippen molar-refractivity contribution in [2.45, 2.75) is 12.5 Å². The van der Waals surface area contributed by atoms with Gasteiger partial charge in [0.25, 0.3) is 10.2 Å². The summed E-state index contributed by atoms with van der Waals surface area (Å²) in [7, 11) is -2.49. The summed E-state index contributed by atoms with van der Waals surface area (Å²) in [6, 6.07) is -1.07. The Hall–Kier alpha value is -0.700. The number of aliphatic carboxylic acids is 1. The Morgan fingerprint density at radius 3 is 2.38 bits per heavy atom. The third-order valence-electron chi connectivity index (χ3n) is 1.51. The maximum atomic E-state index is 10.6. The van der Waals surface area contributed by atoms with Crippen molar-refractivity contribution in [1.82, 2.24) is 4.31 Å². The Balaban J connectivity index is 3.98. The second-order valence-corrected chi connectivity index (χ2v) is 4.25. The highest BCUT2D eigenvalue weighted by atomic mass is 32.2. The van der Waals surface area contributed by atoms with Crippen molar-refractivity contribution in [3.63, 3.8) is 0 Å². The molecular weight excluding hydrogens is 198 g/mol. The highest BCUT2D eigenvalue weighted by Crippen LogP contribution is 1.95. The molecule has 0 unspecified atom stereocenters. The van der Waals surface area contributed by atoms with Crippen LogP contribution in [0.3, 0.4) is 0 Å². The largest absolute Gasteiger partial charge is 0.480 e. The van der Waals surface area contributed by atoms with Gasteiger partial charge in [0.2, 0.25) is 0 Å². The first kappa shape index (κ1) is 12.3. The molecule has 0 aromatic carbocycles. The summed E-state index contributed by atoms with van der Waals surface area (Å²) in [6.07, 6.45) is 0.0300. The Kier molecular flexibility index (Phi) is 4.27. The predicted octanol–water partition coefficient (Wildman–Crippen LogP) is -2.08. The molecule has 13 heavy (non-hydrogen) atoms. The average molecular weight is 211 g/mol. The minimum absolute atomic E-state index is 0.00764. The molecule has 0 aromatic heterocycles. The lowest BCUT2D eigenvalue weighted by atomic mass is 10.2. The van der Waals surface area contributed by atoms with Crippen LogP contribution < -0.4 is 10.9 Å². The van der Waals surface area contributed by atoms with E-state index in [4.69, 9.17) is 16.0 Å². The van der Waals surface area contributed by atoms with Crippen molar-refractivity contribution >= 4 is 16.2 Å². The van der Waals surface area contributed by atoms with Gasteiger partial charge in [0.05, 0.1) is 0 Å². The molecule has 0 aromatic rings. The Bertz CT molecular complexity index is 276. The number of carboxylic acids is 1. The van der Waals surface area contributed by atoms with Gasteiger partial charge in [-0.25, -0.2) is 5.14 Å². The summed E-state index contributed by atoms with van der Waals surface area (Å²) in [5.41, 5.74) is 5.15. The van der Waals surface area contributed by atoms with Crippen LogP contribution >= 0.6 is 0 Å². The van der Waals surface area contributed by atoms with Gasteiger partial charge in [0.15, 0.2) is 0 Å². The minimum atomic E-state index is -3.74. The molecule has 78 valence electrons. The molecule has 0 rings (SSSR count). The first-order valence-corrected chi connectivity index (χ1v) is 4.98. The molecule has 0 spiro atoms. The van der Waals surface area contributed by atoms with Crippen molar-refractivity contribution < 1.29 is 18.3 Å². The molecule has 0 heterocycles. The third-order valence-corrected chi connectivity index (χ3v) is 2.56. The smallest absolute Gasteiger partial charge is 0.320 e. The summed E-state index contributed by atoms with van der Waals surface area (Å²) < 4.78 is 22.1. The molecule has 0 radical (unpaired) electrons. The van der Waals surface area contributed by atoms with Crippen LogP contribution in [-0.4, -0.2) is 43.4 Å². The second-order valence-electron chi connectivity index (χ2n) is 2.60. The van der Waals surface area contributed by atoms with Gasteiger partial charge in [0, 0.05) is 13.6 Å². The van der Waals surface area contributed by atoms with Crippen molar-refractivity contribution in [2.75, 3.05) is 13.6 Å². The van der Waals surface area contributed by atoms with Crippen LogP contribution in [0.5, 0.6) is 0 Å². The molecule has 0 fully saturated rings. The number of nitrogens with two attached hydrogens (primary N) is 2. The van der Waals surface area contributed by atoms with E-state index in [2.05, 4.69) is 0 Å². The fourth-order valence-corrected chi connectivity index (χ4v) is 0.931. The fraction of sp³-hybridized carbons (Fsp3) is 0.800. The highest BCUT2D eigenvalue weighted by molar-refractivity contribution is 7.86. The zero-order chi connectivity index (χ0) is 10.6. The van der Waals surface area contributed by atoms with Crippen molar-refractivity contribution in [2.24, 2.45) is 10.9 Å². The van der Waals surface area contributed by atoms with Gasteiger partial charge in [-0.2, -0.15) is 12.7 Å². The molecular formula is C5H13N3O4S. The molecule has 0 saturated heterocycles. The SMILES string of the molecule is CN(CC[C@H](N)C(=O)O)S(N)(=O)=O. The Morgan fingerprint density at radius 2 is 2.08 bits per heavy atom. The van der Waals surface area contributed by atoms with Crippen LogP contribution in [0.4, 0.5) is 0 Å². The van der Waals surface area contributed by atoms with E-state index >= 15 is 0 Å². The molecule has 0 bridgehead atoms. The third kappa shape index (κ3) is 4.78. The molecule has 0 amide bonds. The lowest BCUT2D eigenvalue weighted by molar-refractivity contribution is -0.138. The summed E-state index contributed by atoms with van der Waals surface area (Å²) in [5.74, 6) is -1.16. The lowest BCUT2D eigenvalue weighted by Crippen LogP contribution is -2.38. The van der Waals surface area contributed by atoms with Crippen LogP contribution in [0.2, 0.25) is 0 Å². The standard InChI is InChI=1S/C5H13N3O4S/c1-8(13(7,11)12)3-2-4(6)5(9)10/h4H,2-3,6H2,1H3,(H,9,10)(H2,7,11,12)/t4-/m0/s1. The van der Waals surface area contributed by atoms with Gasteiger partial charge in [-0.05, 0) is 6.42 Å². The molecule has 1 atom stereocenters. The molecule has 7 nitrogen and oxygen atoms in total. The fourth-order valence-electron chi connectivity index (χ4n) is 0.572. The van der Waals surface area contributed by atoms with Gasteiger partial charge in [0.1, 0.15) is 6.04 Å². The number of nitrogens with zero attached hydrogens (tertiary/aromatic N) is 1. The van der Waals surface area contributed by atoms with E-state index < -0.39 is 22.2 Å². The topological polar surface area (TPSA) is 127 Å². The maximum absolute atomic E-state index is 10.6. The molecule has 5 N–H and O–H groups in total. The Morgan fingerprint density at radius 1 is 1.62 bits per heavy atom. The van der Waals surface area contributed by atoms with Gasteiger partial charge in [-0.1, -0.05) is 0 Å². The minimum Gasteiger partial charge on any atom is -0.480 e. The zero-order valence-corrected chi connectivity index (χ0v) is 7.99. The molecule has 8 heteroatoms. The van der Waals surface area contributed by atoms with E-state index in [-0.39, 0.29) is 13.0 Å². The van der Waals surface area contributed by atoms with Gasteiger partial charge >= 0.3 is 5.97 Å². The zero-order valence-electron chi connectivity index (χ0n) is 7.17. The van der Waals surface area contributed by atoms with E-state index in [0.717, 1.165) is 4.31 Å². The first-order chi connectivity index (χ1) is 5.75. The van der Waals surface area contributed by atoms with Gasteiger partial charge in [-0.15, -0.1) is 0 Å². The maximum Gasteiger partial charge on any atom is 0.320 e. The summed E-state index contributed by atoms with van der Waals surface area (Å²) in [5, 5.41) is 13.1. The number of carboxylic acid groups (broad SMARTS) is 1. The van der Waals surface area contributed by atoms with E-state index in [1.54, 1.807) is 0 Å². The van der Waals surface area contributed by atoms with E-state index in [1.165, 1.54) is 7.05 Å². The van der Waals surface area contributed by atoms with Crippen LogP contribution in [0.15, 0.2) is 0 Å². The highest BCUT2D eigenvalue weighted by Gasteiger charge is 2.16. The molecule has 0 aliphatic carbocycles. The molecule has 0 aliphatic rings. The second kappa shape index (κ2) is 4.51. The summed E-state index contributed by atoms with van der Waals surface area (Å²) in [6.45, 7) is -0.00764. The monoisotopic (exact) mass is 211 g/mol. The molecule has 0 aliphatic heterocycles. The predicted molar refractivity (Wildman–Crippen MR) is 46.0 cm³/mol. The average Bonchev–Trinajstić information content (AvgIpc) is 1.97. The summed E-state index contributed by atoms with van der Waals surface area (Å²) in [4.78, 5) is 10.2. The van der Waals surface area contributed by atoms with Crippen molar-refractivity contribution in [1.29, 1.82) is 0 Å². The van der Waals surface area contributed by atoms with Gasteiger partial charge in [-0.3, -0.25) is 4.79 Å². The lowest BCUT2D eigenvalue weighted by Gasteiger charge is -2.14. The van der Waals surface area contributed by atoms with E-state index in [1.807, 2.05) is 0 Å². The normalized spacial score (nSPS) is 14.5. The van der Waals surface area contributed by atoms with Crippen molar-refractivity contribution in [3.05, 3.63) is 0 Å². The first-order valence-electron chi connectivity index (χ1n) is 3.47. The van der Waals surface area contributed by atoms with E-state index in [9.17, 15) is 13.2 Å². The van der Waals surface area contributed by atoms with E-state index in [0.29, 0.717) is 0 Å². The van der Waals surface area contributed by atoms with Crippen molar-refractivity contribution in [3.8, 4) is 0 Å². The van der Waals surface area contributed by atoms with Crippen LogP contribution in [0, 0.1) is 0 Å². The number of hydrogen-bond donors (Lipinski definition) is 3. The Labute approximate surface area is 76.5 Å². The number of carbonyl (C=O) groups is 1. The number of rotatable bonds is 5. The summed E-state index contributed by atoms with van der Waals surface area (Å²) >= 11 is 0. The molecule has 0 saturated carbocycles. The van der Waals surface area contributed by atoms with Crippen LogP contribution in [-0.2, 0) is 15.0 Å². The van der Waals surface area contributed by atoms with Gasteiger partial charge < -0.3 is 10.8 Å². The van der Waals surface area contributed by atoms with Crippen LogP contribution in [0.25, 0.3) is 0 Å². The number of hydrogen-bond acceptors (Lipinski definition) is 4.